The molecule has 26 heavy (non-hydrogen) atoms. The molecule has 1 saturated carbocycles. The molecular weight excluding hydrogens is 344 g/mol. The molecule has 2 N–H and O–H groups in total. The van der Waals surface area contributed by atoms with E-state index < -0.39 is 0 Å². The molecule has 1 saturated heterocycles. The van der Waals surface area contributed by atoms with Gasteiger partial charge in [-0.3, -0.25) is 4.79 Å². The highest BCUT2D eigenvalue weighted by Crippen LogP contribution is 2.44. The lowest BCUT2D eigenvalue weighted by Gasteiger charge is -2.34. The molecule has 2 aliphatic rings. The maximum atomic E-state index is 13.5. The Morgan fingerprint density at radius 3 is 2.69 bits per heavy atom. The van der Waals surface area contributed by atoms with Crippen molar-refractivity contribution in [3.63, 3.8) is 0 Å². The Kier molecular flexibility index (Phi) is 4.49. The maximum absolute atomic E-state index is 13.5. The van der Waals surface area contributed by atoms with Crippen molar-refractivity contribution in [1.82, 2.24) is 9.88 Å². The van der Waals surface area contributed by atoms with Gasteiger partial charge in [0.25, 0.3) is 5.91 Å². The number of carbonyl (C=O) groups excluding carboxylic acids is 1. The lowest BCUT2D eigenvalue weighted by Crippen LogP contribution is -2.48. The number of nitrogens with two attached hydrogens (primary N) is 1. The molecule has 2 heterocycles. The van der Waals surface area contributed by atoms with Gasteiger partial charge in [0.15, 0.2) is 5.13 Å². The number of benzene rings is 1. The highest BCUT2D eigenvalue weighted by molar-refractivity contribution is 7.19. The largest absolute Gasteiger partial charge is 0.354 e. The lowest BCUT2D eigenvalue weighted by molar-refractivity contribution is 0.0598. The van der Waals surface area contributed by atoms with Crippen LogP contribution in [0.5, 0.6) is 0 Å². The van der Waals surface area contributed by atoms with Crippen molar-refractivity contribution in [3.8, 4) is 10.4 Å². The van der Waals surface area contributed by atoms with Gasteiger partial charge in [-0.1, -0.05) is 41.2 Å². The molecule has 2 aromatic rings. The zero-order chi connectivity index (χ0) is 18.4. The Bertz CT molecular complexity index is 814. The van der Waals surface area contributed by atoms with Gasteiger partial charge in [-0.25, -0.2) is 4.98 Å². The first kappa shape index (κ1) is 17.5. The van der Waals surface area contributed by atoms with Gasteiger partial charge in [-0.15, -0.1) is 0 Å². The van der Waals surface area contributed by atoms with E-state index >= 15 is 0 Å². The fourth-order valence-electron chi connectivity index (χ4n) is 4.38. The molecule has 0 unspecified atom stereocenters. The van der Waals surface area contributed by atoms with E-state index in [4.69, 9.17) is 10.7 Å². The molecule has 5 nitrogen and oxygen atoms in total. The van der Waals surface area contributed by atoms with E-state index in [2.05, 4.69) is 31.2 Å². The molecule has 0 spiro atoms. The number of nitrogens with zero attached hydrogens (tertiary/aromatic N) is 3. The third kappa shape index (κ3) is 2.81. The lowest BCUT2D eigenvalue weighted by atomic mass is 9.98. The van der Waals surface area contributed by atoms with E-state index in [0.717, 1.165) is 28.4 Å². The summed E-state index contributed by atoms with van der Waals surface area (Å²) in [6.07, 6.45) is 3.39. The molecule has 1 aliphatic carbocycles. The Balaban J connectivity index is 1.75. The average Bonchev–Trinajstić information content (AvgIpc) is 3.35. The smallest absolute Gasteiger partial charge is 0.274 e. The molecule has 6 heteroatoms. The summed E-state index contributed by atoms with van der Waals surface area (Å²) in [6, 6.07) is 8.82. The normalized spacial score (nSPS) is 24.3. The topological polar surface area (TPSA) is 62.5 Å². The minimum absolute atomic E-state index is 0.0487. The molecule has 1 amide bonds. The third-order valence-electron chi connectivity index (χ3n) is 5.73. The zero-order valence-corrected chi connectivity index (χ0v) is 16.4. The minimum Gasteiger partial charge on any atom is -0.354 e. The number of thiazole rings is 1. The first-order valence-corrected chi connectivity index (χ1v) is 10.1. The number of amides is 1. The van der Waals surface area contributed by atoms with E-state index in [9.17, 15) is 4.79 Å². The quantitative estimate of drug-likeness (QED) is 0.898. The van der Waals surface area contributed by atoms with Gasteiger partial charge in [-0.2, -0.15) is 0 Å². The van der Waals surface area contributed by atoms with Crippen molar-refractivity contribution in [2.75, 3.05) is 25.5 Å². The molecule has 1 aliphatic heterocycles. The van der Waals surface area contributed by atoms with Crippen LogP contribution in [0.2, 0.25) is 0 Å². The van der Waals surface area contributed by atoms with Crippen molar-refractivity contribution >= 4 is 22.4 Å². The van der Waals surface area contributed by atoms with Crippen molar-refractivity contribution in [2.45, 2.75) is 38.3 Å². The summed E-state index contributed by atoms with van der Waals surface area (Å²) in [6.45, 7) is 2.61. The third-order valence-corrected chi connectivity index (χ3v) is 7.00. The number of aromatic nitrogens is 1. The van der Waals surface area contributed by atoms with Gasteiger partial charge in [-0.05, 0) is 37.7 Å². The van der Waals surface area contributed by atoms with Crippen LogP contribution >= 0.6 is 11.3 Å². The van der Waals surface area contributed by atoms with Gasteiger partial charge in [0.05, 0.1) is 4.88 Å². The molecule has 3 atom stereocenters. The Morgan fingerprint density at radius 1 is 1.31 bits per heavy atom. The van der Waals surface area contributed by atoms with Crippen LogP contribution in [0.4, 0.5) is 5.13 Å². The van der Waals surface area contributed by atoms with Gasteiger partial charge < -0.3 is 15.5 Å². The second-order valence-corrected chi connectivity index (χ2v) is 8.65. The highest BCUT2D eigenvalue weighted by atomic mass is 32.1. The van der Waals surface area contributed by atoms with Crippen LogP contribution < -0.4 is 10.6 Å². The van der Waals surface area contributed by atoms with Crippen LogP contribution in [0.3, 0.4) is 0 Å². The number of fused-ring (bicyclic) bond motifs is 2. The number of carbonyl (C=O) groups is 1. The number of aryl methyl sites for hydroxylation is 1. The predicted octanol–water partition coefficient (Wildman–Crippen LogP) is 3.14. The molecule has 1 aromatic heterocycles. The summed E-state index contributed by atoms with van der Waals surface area (Å²) in [5.74, 6) is 0.608. The Morgan fingerprint density at radius 2 is 2.04 bits per heavy atom. The van der Waals surface area contributed by atoms with Gasteiger partial charge >= 0.3 is 0 Å². The number of anilines is 1. The summed E-state index contributed by atoms with van der Waals surface area (Å²) in [4.78, 5) is 23.2. The number of hydrogen-bond acceptors (Lipinski definition) is 5. The highest BCUT2D eigenvalue weighted by Gasteiger charge is 2.48. The zero-order valence-electron chi connectivity index (χ0n) is 15.6. The second-order valence-electron chi connectivity index (χ2n) is 7.68. The molecular formula is C20H26N4OS. The summed E-state index contributed by atoms with van der Waals surface area (Å²) in [5.41, 5.74) is 8.86. The van der Waals surface area contributed by atoms with Gasteiger partial charge in [0.2, 0.25) is 0 Å². The Hall–Kier alpha value is -1.92. The van der Waals surface area contributed by atoms with E-state index in [0.29, 0.717) is 24.2 Å². The van der Waals surface area contributed by atoms with E-state index in [1.54, 1.807) is 11.3 Å². The summed E-state index contributed by atoms with van der Waals surface area (Å²) in [7, 11) is 3.93. The number of hydrogen-bond donors (Lipinski definition) is 1. The molecule has 4 rings (SSSR count). The maximum Gasteiger partial charge on any atom is 0.274 e. The van der Waals surface area contributed by atoms with Crippen LogP contribution in [0.15, 0.2) is 24.3 Å². The summed E-state index contributed by atoms with van der Waals surface area (Å²) < 4.78 is 0. The monoisotopic (exact) mass is 370 g/mol. The van der Waals surface area contributed by atoms with E-state index in [1.807, 2.05) is 23.9 Å². The van der Waals surface area contributed by atoms with Crippen molar-refractivity contribution < 1.29 is 4.79 Å². The standard InChI is InChI=1S/C20H26N4OS/c1-12-4-6-13(7-5-12)18-17(22-20(26-18)23(2)3)19(25)24-15-9-8-14(10-15)16(24)11-21/h4-7,14-16H,8-11,21H2,1-3H3/t14-,15+,16+/m1/s1. The van der Waals surface area contributed by atoms with Crippen LogP contribution in [0.1, 0.15) is 35.3 Å². The molecule has 2 bridgehead atoms. The predicted molar refractivity (Wildman–Crippen MR) is 107 cm³/mol. The molecule has 2 fully saturated rings. The SMILES string of the molecule is Cc1ccc(-c2sc(N(C)C)nc2C(=O)N2[C@H]3CC[C@H](C3)[C@@H]2CN)cc1. The Labute approximate surface area is 158 Å². The van der Waals surface area contributed by atoms with Crippen molar-refractivity contribution in [1.29, 1.82) is 0 Å². The number of rotatable bonds is 4. The molecule has 138 valence electrons. The van der Waals surface area contributed by atoms with Crippen LogP contribution in [0, 0.1) is 12.8 Å². The van der Waals surface area contributed by atoms with Crippen LogP contribution in [-0.4, -0.2) is 48.5 Å². The summed E-state index contributed by atoms with van der Waals surface area (Å²) >= 11 is 1.58. The van der Waals surface area contributed by atoms with Crippen LogP contribution in [-0.2, 0) is 0 Å². The van der Waals surface area contributed by atoms with E-state index in [1.165, 1.54) is 12.0 Å². The second kappa shape index (κ2) is 6.67. The molecule has 1 aromatic carbocycles. The van der Waals surface area contributed by atoms with Crippen LogP contribution in [0.25, 0.3) is 10.4 Å². The summed E-state index contributed by atoms with van der Waals surface area (Å²) in [5, 5.41) is 0.859. The average molecular weight is 371 g/mol. The number of piperidine rings is 1. The van der Waals surface area contributed by atoms with Crippen molar-refractivity contribution in [3.05, 3.63) is 35.5 Å². The van der Waals surface area contributed by atoms with Gasteiger partial charge in [0.1, 0.15) is 5.69 Å². The fourth-order valence-corrected chi connectivity index (χ4v) is 5.37. The van der Waals surface area contributed by atoms with E-state index in [-0.39, 0.29) is 11.9 Å². The molecule has 0 radical (unpaired) electrons. The van der Waals surface area contributed by atoms with Crippen molar-refractivity contribution in [2.24, 2.45) is 11.7 Å². The minimum atomic E-state index is 0.0487. The fraction of sp³-hybridized carbons (Fsp3) is 0.500. The van der Waals surface area contributed by atoms with Gasteiger partial charge in [0, 0.05) is 32.7 Å². The first-order valence-electron chi connectivity index (χ1n) is 9.27. The first-order chi connectivity index (χ1) is 12.5. The number of likely N-dealkylation sites (tertiary alicyclic amines) is 1.